The summed E-state index contributed by atoms with van der Waals surface area (Å²) < 4.78 is 6.28. The molecule has 1 saturated carbocycles. The molecular weight excluding hydrogens is 222 g/mol. The summed E-state index contributed by atoms with van der Waals surface area (Å²) in [4.78, 5) is 0. The van der Waals surface area contributed by atoms with Crippen molar-refractivity contribution >= 4 is 0 Å². The molecular formula is C16H33NO. The van der Waals surface area contributed by atoms with E-state index in [0.29, 0.717) is 17.4 Å². The third-order valence-corrected chi connectivity index (χ3v) is 4.54. The highest BCUT2D eigenvalue weighted by molar-refractivity contribution is 5.00. The lowest BCUT2D eigenvalue weighted by molar-refractivity contribution is -0.114. The second-order valence-electron chi connectivity index (χ2n) is 6.94. The molecule has 0 aromatic carbocycles. The van der Waals surface area contributed by atoms with Crippen molar-refractivity contribution in [3.05, 3.63) is 0 Å². The largest absolute Gasteiger partial charge is 0.374 e. The van der Waals surface area contributed by atoms with Crippen LogP contribution in [0.15, 0.2) is 0 Å². The number of rotatable bonds is 6. The summed E-state index contributed by atoms with van der Waals surface area (Å²) in [5.74, 6) is 0.623. The fraction of sp³-hybridized carbons (Fsp3) is 1.00. The molecule has 108 valence electrons. The van der Waals surface area contributed by atoms with E-state index >= 15 is 0 Å². The molecule has 18 heavy (non-hydrogen) atoms. The van der Waals surface area contributed by atoms with E-state index in [-0.39, 0.29) is 5.60 Å². The highest BCUT2D eigenvalue weighted by Crippen LogP contribution is 2.44. The summed E-state index contributed by atoms with van der Waals surface area (Å²) in [5, 5.41) is 3.68. The van der Waals surface area contributed by atoms with Gasteiger partial charge in [0.15, 0.2) is 0 Å². The average Bonchev–Trinajstić information content (AvgIpc) is 2.29. The van der Waals surface area contributed by atoms with Crippen LogP contribution in [0, 0.1) is 11.3 Å². The summed E-state index contributed by atoms with van der Waals surface area (Å²) in [6, 6.07) is 0.485. The van der Waals surface area contributed by atoms with E-state index in [1.807, 2.05) is 0 Å². The Morgan fingerprint density at radius 2 is 1.61 bits per heavy atom. The lowest BCUT2D eigenvalue weighted by Gasteiger charge is -2.49. The second-order valence-corrected chi connectivity index (χ2v) is 6.94. The zero-order valence-electron chi connectivity index (χ0n) is 13.3. The first kappa shape index (κ1) is 16.0. The van der Waals surface area contributed by atoms with Crippen molar-refractivity contribution in [1.29, 1.82) is 0 Å². The van der Waals surface area contributed by atoms with Crippen molar-refractivity contribution in [3.63, 3.8) is 0 Å². The number of likely N-dealkylation sites (N-methyl/N-ethyl adjacent to an activating group) is 1. The zero-order chi connectivity index (χ0) is 13.8. The minimum Gasteiger partial charge on any atom is -0.374 e. The lowest BCUT2D eigenvalue weighted by Crippen LogP contribution is -2.57. The molecule has 0 saturated heterocycles. The number of ether oxygens (including phenoxy) is 1. The molecule has 1 aliphatic carbocycles. The smallest absolute Gasteiger partial charge is 0.0837 e. The zero-order valence-corrected chi connectivity index (χ0v) is 13.3. The summed E-state index contributed by atoms with van der Waals surface area (Å²) in [7, 11) is 0. The fourth-order valence-electron chi connectivity index (χ4n) is 3.43. The van der Waals surface area contributed by atoms with Crippen LogP contribution >= 0.6 is 0 Å². The van der Waals surface area contributed by atoms with Gasteiger partial charge >= 0.3 is 0 Å². The molecule has 2 heteroatoms. The van der Waals surface area contributed by atoms with Crippen LogP contribution in [0.3, 0.4) is 0 Å². The van der Waals surface area contributed by atoms with Crippen LogP contribution in [0.5, 0.6) is 0 Å². The van der Waals surface area contributed by atoms with Crippen molar-refractivity contribution in [2.24, 2.45) is 11.3 Å². The highest BCUT2D eigenvalue weighted by Gasteiger charge is 2.45. The Kier molecular flexibility index (Phi) is 5.67. The molecule has 1 N–H and O–H groups in total. The third-order valence-electron chi connectivity index (χ3n) is 4.54. The summed E-state index contributed by atoms with van der Waals surface area (Å²) in [5.41, 5.74) is 0.558. The Labute approximate surface area is 114 Å². The first-order valence-corrected chi connectivity index (χ1v) is 7.74. The van der Waals surface area contributed by atoms with Gasteiger partial charge in [-0.1, -0.05) is 34.6 Å². The van der Waals surface area contributed by atoms with Gasteiger partial charge in [-0.05, 0) is 50.5 Å². The summed E-state index contributed by atoms with van der Waals surface area (Å²) in [6.45, 7) is 15.6. The van der Waals surface area contributed by atoms with Crippen LogP contribution in [-0.4, -0.2) is 24.8 Å². The van der Waals surface area contributed by atoms with Crippen LogP contribution in [0.25, 0.3) is 0 Å². The van der Waals surface area contributed by atoms with E-state index in [1.54, 1.807) is 0 Å². The molecule has 1 fully saturated rings. The van der Waals surface area contributed by atoms with Gasteiger partial charge in [0, 0.05) is 12.6 Å². The first-order valence-electron chi connectivity index (χ1n) is 7.74. The molecule has 0 amide bonds. The molecule has 1 aliphatic rings. The Bertz CT molecular complexity index is 237. The van der Waals surface area contributed by atoms with Gasteiger partial charge in [-0.15, -0.1) is 0 Å². The predicted octanol–water partition coefficient (Wildman–Crippen LogP) is 4.00. The summed E-state index contributed by atoms with van der Waals surface area (Å²) >= 11 is 0. The van der Waals surface area contributed by atoms with E-state index in [0.717, 1.165) is 13.2 Å². The van der Waals surface area contributed by atoms with E-state index in [9.17, 15) is 0 Å². The van der Waals surface area contributed by atoms with Crippen molar-refractivity contribution in [2.45, 2.75) is 78.9 Å². The van der Waals surface area contributed by atoms with Gasteiger partial charge in [0.05, 0.1) is 5.60 Å². The van der Waals surface area contributed by atoms with Gasteiger partial charge in [0.2, 0.25) is 0 Å². The topological polar surface area (TPSA) is 21.3 Å². The van der Waals surface area contributed by atoms with Gasteiger partial charge in [-0.3, -0.25) is 0 Å². The molecule has 2 nitrogen and oxygen atoms in total. The minimum atomic E-state index is 0.0639. The van der Waals surface area contributed by atoms with Crippen molar-refractivity contribution in [3.8, 4) is 0 Å². The van der Waals surface area contributed by atoms with Gasteiger partial charge in [-0.2, -0.15) is 0 Å². The maximum Gasteiger partial charge on any atom is 0.0837 e. The first-order chi connectivity index (χ1) is 8.37. The molecule has 1 rings (SSSR count). The normalized spacial score (nSPS) is 24.2. The quantitative estimate of drug-likeness (QED) is 0.774. The van der Waals surface area contributed by atoms with Crippen LogP contribution in [0.2, 0.25) is 0 Å². The average molecular weight is 255 g/mol. The molecule has 0 aromatic heterocycles. The molecule has 0 heterocycles. The van der Waals surface area contributed by atoms with Gasteiger partial charge in [0.25, 0.3) is 0 Å². The molecule has 1 atom stereocenters. The van der Waals surface area contributed by atoms with Gasteiger partial charge < -0.3 is 10.1 Å². The van der Waals surface area contributed by atoms with E-state index in [2.05, 4.69) is 46.9 Å². The standard InChI is InChI=1S/C16H33NO/c1-7-17-14(13(3)4)16(18-8-2)11-9-15(5,6)10-12-16/h13-14,17H,7-12H2,1-6H3. The molecule has 0 bridgehead atoms. The van der Waals surface area contributed by atoms with E-state index < -0.39 is 0 Å². The van der Waals surface area contributed by atoms with Crippen molar-refractivity contribution in [1.82, 2.24) is 5.32 Å². The third kappa shape index (κ3) is 3.71. The van der Waals surface area contributed by atoms with E-state index in [4.69, 9.17) is 4.74 Å². The lowest BCUT2D eigenvalue weighted by atomic mass is 9.66. The van der Waals surface area contributed by atoms with Crippen LogP contribution in [0.1, 0.15) is 67.2 Å². The summed E-state index contributed by atoms with van der Waals surface area (Å²) in [6.07, 6.45) is 4.95. The molecule has 0 spiro atoms. The SMILES string of the molecule is CCNC(C(C)C)C1(OCC)CCC(C)(C)CC1. The van der Waals surface area contributed by atoms with Gasteiger partial charge in [0.1, 0.15) is 0 Å². The Morgan fingerprint density at radius 3 is 2.00 bits per heavy atom. The van der Waals surface area contributed by atoms with Crippen LogP contribution in [0.4, 0.5) is 0 Å². The number of nitrogens with one attached hydrogen (secondary N) is 1. The molecule has 0 radical (unpaired) electrons. The van der Waals surface area contributed by atoms with Crippen LogP contribution in [-0.2, 0) is 4.74 Å². The van der Waals surface area contributed by atoms with Crippen LogP contribution < -0.4 is 5.32 Å². The molecule has 0 aliphatic heterocycles. The Morgan fingerprint density at radius 1 is 1.06 bits per heavy atom. The Hall–Kier alpha value is -0.0800. The maximum absolute atomic E-state index is 6.28. The van der Waals surface area contributed by atoms with Gasteiger partial charge in [-0.25, -0.2) is 0 Å². The monoisotopic (exact) mass is 255 g/mol. The minimum absolute atomic E-state index is 0.0639. The predicted molar refractivity (Wildman–Crippen MR) is 78.9 cm³/mol. The molecule has 1 unspecified atom stereocenters. The maximum atomic E-state index is 6.28. The number of hydrogen-bond donors (Lipinski definition) is 1. The Balaban J connectivity index is 2.85. The fourth-order valence-corrected chi connectivity index (χ4v) is 3.43. The number of hydrogen-bond acceptors (Lipinski definition) is 2. The molecule has 0 aromatic rings. The van der Waals surface area contributed by atoms with Crippen molar-refractivity contribution in [2.75, 3.05) is 13.2 Å². The van der Waals surface area contributed by atoms with Crippen molar-refractivity contribution < 1.29 is 4.74 Å². The second kappa shape index (κ2) is 6.38. The van der Waals surface area contributed by atoms with E-state index in [1.165, 1.54) is 25.7 Å². The highest BCUT2D eigenvalue weighted by atomic mass is 16.5.